The van der Waals surface area contributed by atoms with Crippen LogP contribution in [0.3, 0.4) is 0 Å². The Labute approximate surface area is 217 Å². The summed E-state index contributed by atoms with van der Waals surface area (Å²) in [6, 6.07) is 22.9. The molecule has 8 nitrogen and oxygen atoms in total. The van der Waals surface area contributed by atoms with Crippen LogP contribution < -0.4 is 14.8 Å². The molecule has 37 heavy (non-hydrogen) atoms. The zero-order valence-corrected chi connectivity index (χ0v) is 22.3. The van der Waals surface area contributed by atoms with Gasteiger partial charge in [-0.25, -0.2) is 17.8 Å². The molecule has 9 heteroatoms. The van der Waals surface area contributed by atoms with E-state index >= 15 is 0 Å². The molecule has 0 radical (unpaired) electrons. The Kier molecular flexibility index (Phi) is 7.20. The number of nitrogens with zero attached hydrogens (tertiary/aromatic N) is 2. The van der Waals surface area contributed by atoms with Crippen LogP contribution in [0.4, 0.5) is 5.69 Å². The zero-order valence-electron chi connectivity index (χ0n) is 21.4. The van der Waals surface area contributed by atoms with Crippen molar-refractivity contribution in [3.05, 3.63) is 90.3 Å². The molecule has 4 aromatic rings. The summed E-state index contributed by atoms with van der Waals surface area (Å²) in [4.78, 5) is 13.3. The van der Waals surface area contributed by atoms with Crippen LogP contribution >= 0.6 is 0 Å². The number of carbonyl (C=O) groups is 1. The van der Waals surface area contributed by atoms with Gasteiger partial charge in [0, 0.05) is 16.8 Å². The Balaban J connectivity index is 1.58. The standard InChI is InChI=1S/C28H30N4O4S/c1-19-18-25(32(30-19)22-14-16-23(36-5)17-15-22)27(33)29-21-12-10-20(11-13-21)24-8-6-7-9-26(24)37(34,35)31-28(2,3)4/h6-18,31H,1-5H3,(H,29,33). The fourth-order valence-corrected chi connectivity index (χ4v) is 5.56. The first-order chi connectivity index (χ1) is 17.5. The summed E-state index contributed by atoms with van der Waals surface area (Å²) in [5.41, 5.74) is 3.07. The Bertz CT molecular complexity index is 1520. The summed E-state index contributed by atoms with van der Waals surface area (Å²) in [7, 11) is -2.14. The van der Waals surface area contributed by atoms with E-state index in [1.54, 1.807) is 87.2 Å². The summed E-state index contributed by atoms with van der Waals surface area (Å²) < 4.78 is 35.5. The molecule has 0 saturated carbocycles. The van der Waals surface area contributed by atoms with Crippen molar-refractivity contribution in [2.75, 3.05) is 12.4 Å². The minimum absolute atomic E-state index is 0.195. The first-order valence-corrected chi connectivity index (χ1v) is 13.2. The molecular formula is C28H30N4O4S. The highest BCUT2D eigenvalue weighted by molar-refractivity contribution is 7.89. The normalized spacial score (nSPS) is 11.8. The van der Waals surface area contributed by atoms with Crippen molar-refractivity contribution >= 4 is 21.6 Å². The Morgan fingerprint density at radius 1 is 0.946 bits per heavy atom. The quantitative estimate of drug-likeness (QED) is 0.351. The molecule has 0 aliphatic carbocycles. The van der Waals surface area contributed by atoms with Crippen LogP contribution in [0.15, 0.2) is 83.8 Å². The van der Waals surface area contributed by atoms with Crippen molar-refractivity contribution in [2.45, 2.75) is 38.1 Å². The van der Waals surface area contributed by atoms with Crippen LogP contribution in [0, 0.1) is 6.92 Å². The molecule has 2 N–H and O–H groups in total. The highest BCUT2D eigenvalue weighted by Gasteiger charge is 2.25. The van der Waals surface area contributed by atoms with Crippen LogP contribution in [0.1, 0.15) is 37.0 Å². The zero-order chi connectivity index (χ0) is 26.8. The van der Waals surface area contributed by atoms with Gasteiger partial charge in [-0.1, -0.05) is 30.3 Å². The highest BCUT2D eigenvalue weighted by Crippen LogP contribution is 2.29. The second-order valence-electron chi connectivity index (χ2n) is 9.66. The third-order valence-corrected chi connectivity index (χ3v) is 7.27. The van der Waals surface area contributed by atoms with Crippen LogP contribution in [-0.4, -0.2) is 36.8 Å². The molecule has 0 unspecified atom stereocenters. The van der Waals surface area contributed by atoms with E-state index < -0.39 is 15.6 Å². The van der Waals surface area contributed by atoms with Crippen molar-refractivity contribution in [2.24, 2.45) is 0 Å². The smallest absolute Gasteiger partial charge is 0.274 e. The maximum absolute atomic E-state index is 13.1. The second-order valence-corrected chi connectivity index (χ2v) is 11.3. The Morgan fingerprint density at radius 3 is 2.22 bits per heavy atom. The average Bonchev–Trinajstić information content (AvgIpc) is 3.25. The number of methoxy groups -OCH3 is 1. The molecule has 1 heterocycles. The fourth-order valence-electron chi connectivity index (χ4n) is 3.91. The van der Waals surface area contributed by atoms with Gasteiger partial charge in [0.15, 0.2) is 0 Å². The van der Waals surface area contributed by atoms with Gasteiger partial charge in [0.2, 0.25) is 10.0 Å². The van der Waals surface area contributed by atoms with Crippen molar-refractivity contribution in [3.63, 3.8) is 0 Å². The summed E-state index contributed by atoms with van der Waals surface area (Å²) >= 11 is 0. The minimum atomic E-state index is -3.73. The topological polar surface area (TPSA) is 102 Å². The van der Waals surface area contributed by atoms with Gasteiger partial charge in [0.1, 0.15) is 11.4 Å². The predicted molar refractivity (Wildman–Crippen MR) is 145 cm³/mol. The lowest BCUT2D eigenvalue weighted by Crippen LogP contribution is -2.40. The number of aryl methyl sites for hydroxylation is 1. The number of rotatable bonds is 7. The molecule has 0 bridgehead atoms. The van der Waals surface area contributed by atoms with Crippen LogP contribution in [0.2, 0.25) is 0 Å². The Morgan fingerprint density at radius 2 is 1.59 bits per heavy atom. The van der Waals surface area contributed by atoms with Gasteiger partial charge in [-0.3, -0.25) is 4.79 Å². The van der Waals surface area contributed by atoms with Crippen molar-refractivity contribution in [1.29, 1.82) is 0 Å². The third-order valence-electron chi connectivity index (χ3n) is 5.45. The molecule has 0 fully saturated rings. The molecule has 0 saturated heterocycles. The Hall–Kier alpha value is -3.95. The molecule has 3 aromatic carbocycles. The van der Waals surface area contributed by atoms with Crippen molar-refractivity contribution in [3.8, 4) is 22.6 Å². The van der Waals surface area contributed by atoms with Gasteiger partial charge in [0.25, 0.3) is 5.91 Å². The SMILES string of the molecule is COc1ccc(-n2nc(C)cc2C(=O)Nc2ccc(-c3ccccc3S(=O)(=O)NC(C)(C)C)cc2)cc1. The third kappa shape index (κ3) is 6.07. The van der Waals surface area contributed by atoms with Crippen molar-refractivity contribution in [1.82, 2.24) is 14.5 Å². The molecule has 0 aliphatic rings. The second kappa shape index (κ2) is 10.2. The van der Waals surface area contributed by atoms with E-state index in [1.165, 1.54) is 0 Å². The van der Waals surface area contributed by atoms with Gasteiger partial charge < -0.3 is 10.1 Å². The predicted octanol–water partition coefficient (Wildman–Crippen LogP) is 5.19. The molecule has 1 aromatic heterocycles. The highest BCUT2D eigenvalue weighted by atomic mass is 32.2. The van der Waals surface area contributed by atoms with Gasteiger partial charge in [-0.05, 0) is 81.8 Å². The number of aromatic nitrogens is 2. The number of sulfonamides is 1. The minimum Gasteiger partial charge on any atom is -0.497 e. The lowest BCUT2D eigenvalue weighted by Gasteiger charge is -2.21. The van der Waals surface area contributed by atoms with Gasteiger partial charge in [0.05, 0.1) is 23.4 Å². The average molecular weight is 519 g/mol. The van der Waals surface area contributed by atoms with E-state index in [4.69, 9.17) is 4.74 Å². The van der Waals surface area contributed by atoms with Gasteiger partial charge in [-0.2, -0.15) is 5.10 Å². The van der Waals surface area contributed by atoms with Gasteiger partial charge in [-0.15, -0.1) is 0 Å². The summed E-state index contributed by atoms with van der Waals surface area (Å²) in [6.45, 7) is 7.22. The lowest BCUT2D eigenvalue weighted by atomic mass is 10.1. The monoisotopic (exact) mass is 518 g/mol. The van der Waals surface area contributed by atoms with Crippen LogP contribution in [-0.2, 0) is 10.0 Å². The maximum Gasteiger partial charge on any atom is 0.274 e. The number of benzene rings is 3. The fraction of sp³-hybridized carbons (Fsp3) is 0.214. The number of amides is 1. The molecule has 0 aliphatic heterocycles. The summed E-state index contributed by atoms with van der Waals surface area (Å²) in [5, 5.41) is 7.37. The number of hydrogen-bond acceptors (Lipinski definition) is 5. The van der Waals surface area contributed by atoms with E-state index in [-0.39, 0.29) is 10.8 Å². The molecule has 0 atom stereocenters. The largest absolute Gasteiger partial charge is 0.497 e. The van der Waals surface area contributed by atoms with Crippen LogP contribution in [0.25, 0.3) is 16.8 Å². The summed E-state index contributed by atoms with van der Waals surface area (Å²) in [5.74, 6) is 0.392. The van der Waals surface area contributed by atoms with E-state index in [0.29, 0.717) is 34.0 Å². The van der Waals surface area contributed by atoms with Crippen LogP contribution in [0.5, 0.6) is 5.75 Å². The molecule has 4 rings (SSSR count). The van der Waals surface area contributed by atoms with Crippen molar-refractivity contribution < 1.29 is 17.9 Å². The van der Waals surface area contributed by atoms with E-state index in [0.717, 1.165) is 5.69 Å². The first-order valence-electron chi connectivity index (χ1n) is 11.7. The maximum atomic E-state index is 13.1. The number of ether oxygens (including phenoxy) is 1. The number of anilines is 1. The summed E-state index contributed by atoms with van der Waals surface area (Å²) in [6.07, 6.45) is 0. The number of hydrogen-bond donors (Lipinski definition) is 2. The van der Waals surface area contributed by atoms with E-state index in [9.17, 15) is 13.2 Å². The number of nitrogens with one attached hydrogen (secondary N) is 2. The van der Waals surface area contributed by atoms with E-state index in [1.807, 2.05) is 31.2 Å². The van der Waals surface area contributed by atoms with Gasteiger partial charge >= 0.3 is 0 Å². The molecule has 0 spiro atoms. The molecule has 192 valence electrons. The van der Waals surface area contributed by atoms with E-state index in [2.05, 4.69) is 15.1 Å². The first kappa shape index (κ1) is 26.1. The lowest BCUT2D eigenvalue weighted by molar-refractivity contribution is 0.101. The molecule has 1 amide bonds. The molecular weight excluding hydrogens is 488 g/mol. The number of carbonyl (C=O) groups excluding carboxylic acids is 1.